The molecule has 27 heavy (non-hydrogen) atoms. The summed E-state index contributed by atoms with van der Waals surface area (Å²) < 4.78 is 5.96. The maximum absolute atomic E-state index is 12.3. The SMILES string of the molecule is C=CCN(CC=C)C(=O)CCc1nnc(C2(c3ccc(Cl)cc3)CCC2)o1. The zero-order chi connectivity index (χ0) is 19.3. The molecule has 0 N–H and O–H groups in total. The van der Waals surface area contributed by atoms with Crippen molar-refractivity contribution in [2.24, 2.45) is 0 Å². The van der Waals surface area contributed by atoms with Crippen LogP contribution < -0.4 is 0 Å². The van der Waals surface area contributed by atoms with E-state index in [4.69, 9.17) is 16.0 Å². The lowest BCUT2D eigenvalue weighted by Gasteiger charge is -2.39. The fourth-order valence-electron chi connectivity index (χ4n) is 3.44. The van der Waals surface area contributed by atoms with Crippen LogP contribution in [0.2, 0.25) is 5.02 Å². The van der Waals surface area contributed by atoms with Gasteiger partial charge in [0.15, 0.2) is 0 Å². The van der Waals surface area contributed by atoms with Gasteiger partial charge in [-0.15, -0.1) is 23.4 Å². The Morgan fingerprint density at radius 3 is 2.41 bits per heavy atom. The van der Waals surface area contributed by atoms with E-state index < -0.39 is 0 Å². The van der Waals surface area contributed by atoms with E-state index in [2.05, 4.69) is 23.4 Å². The van der Waals surface area contributed by atoms with Gasteiger partial charge in [0, 0.05) is 31.0 Å². The van der Waals surface area contributed by atoms with Crippen LogP contribution in [0.5, 0.6) is 0 Å². The number of halogens is 1. The molecule has 1 fully saturated rings. The molecule has 1 amide bonds. The Morgan fingerprint density at radius 2 is 1.85 bits per heavy atom. The van der Waals surface area contributed by atoms with Gasteiger partial charge in [-0.1, -0.05) is 42.3 Å². The van der Waals surface area contributed by atoms with Crippen LogP contribution >= 0.6 is 11.6 Å². The molecule has 0 unspecified atom stereocenters. The van der Waals surface area contributed by atoms with E-state index in [0.29, 0.717) is 42.7 Å². The van der Waals surface area contributed by atoms with Gasteiger partial charge in [0.25, 0.3) is 0 Å². The van der Waals surface area contributed by atoms with E-state index in [0.717, 1.165) is 24.8 Å². The quantitative estimate of drug-likeness (QED) is 0.603. The van der Waals surface area contributed by atoms with Crippen LogP contribution in [0.3, 0.4) is 0 Å². The molecular formula is C21H24ClN3O2. The smallest absolute Gasteiger partial charge is 0.227 e. The fraction of sp³-hybridized carbons (Fsp3) is 0.381. The summed E-state index contributed by atoms with van der Waals surface area (Å²) in [6.45, 7) is 8.37. The molecular weight excluding hydrogens is 362 g/mol. The molecule has 1 aromatic heterocycles. The van der Waals surface area contributed by atoms with E-state index >= 15 is 0 Å². The van der Waals surface area contributed by atoms with Crippen LogP contribution in [-0.2, 0) is 16.6 Å². The average Bonchev–Trinajstić information content (AvgIpc) is 3.09. The molecule has 0 aliphatic heterocycles. The maximum atomic E-state index is 12.3. The Balaban J connectivity index is 1.69. The van der Waals surface area contributed by atoms with Gasteiger partial charge in [0.1, 0.15) is 0 Å². The second-order valence-corrected chi connectivity index (χ2v) is 7.26. The van der Waals surface area contributed by atoms with Crippen LogP contribution in [-0.4, -0.2) is 34.1 Å². The van der Waals surface area contributed by atoms with Crippen molar-refractivity contribution in [2.45, 2.75) is 37.5 Å². The first-order valence-corrected chi connectivity index (χ1v) is 9.55. The number of carbonyl (C=O) groups excluding carboxylic acids is 1. The van der Waals surface area contributed by atoms with Gasteiger partial charge in [-0.05, 0) is 30.5 Å². The first kappa shape index (κ1) is 19.4. The molecule has 142 valence electrons. The molecule has 0 radical (unpaired) electrons. The zero-order valence-corrected chi connectivity index (χ0v) is 16.1. The molecule has 0 spiro atoms. The number of benzene rings is 1. The summed E-state index contributed by atoms with van der Waals surface area (Å²) in [6.07, 6.45) is 7.22. The molecule has 2 aromatic rings. The van der Waals surface area contributed by atoms with Crippen molar-refractivity contribution in [3.63, 3.8) is 0 Å². The highest BCUT2D eigenvalue weighted by atomic mass is 35.5. The molecule has 1 aliphatic rings. The lowest BCUT2D eigenvalue weighted by atomic mass is 9.64. The number of aromatic nitrogens is 2. The Kier molecular flexibility index (Phi) is 6.11. The van der Waals surface area contributed by atoms with Gasteiger partial charge in [-0.3, -0.25) is 4.79 Å². The normalized spacial score (nSPS) is 15.0. The summed E-state index contributed by atoms with van der Waals surface area (Å²) in [5, 5.41) is 9.18. The summed E-state index contributed by atoms with van der Waals surface area (Å²) in [4.78, 5) is 14.0. The Hall–Kier alpha value is -2.40. The molecule has 0 saturated heterocycles. The lowest BCUT2D eigenvalue weighted by Crippen LogP contribution is -2.35. The standard InChI is InChI=1S/C21H24ClN3O2/c1-3-14-25(15-4-2)19(26)11-10-18-23-24-20(27-18)21(12-5-13-21)16-6-8-17(22)9-7-16/h3-4,6-9H,1-2,5,10-15H2. The zero-order valence-electron chi connectivity index (χ0n) is 15.4. The van der Waals surface area contributed by atoms with Gasteiger partial charge in [-0.25, -0.2) is 0 Å². The molecule has 6 heteroatoms. The van der Waals surface area contributed by atoms with E-state index in [9.17, 15) is 4.79 Å². The average molecular weight is 386 g/mol. The topological polar surface area (TPSA) is 59.2 Å². The number of amides is 1. The minimum absolute atomic E-state index is 0.0191. The number of nitrogens with zero attached hydrogens (tertiary/aromatic N) is 3. The van der Waals surface area contributed by atoms with Crippen LogP contribution in [0.4, 0.5) is 0 Å². The lowest BCUT2D eigenvalue weighted by molar-refractivity contribution is -0.130. The van der Waals surface area contributed by atoms with Crippen molar-refractivity contribution >= 4 is 17.5 Å². The van der Waals surface area contributed by atoms with E-state index in [-0.39, 0.29) is 11.3 Å². The van der Waals surface area contributed by atoms with Crippen molar-refractivity contribution in [1.29, 1.82) is 0 Å². The third-order valence-electron chi connectivity index (χ3n) is 5.08. The van der Waals surface area contributed by atoms with Crippen molar-refractivity contribution in [3.05, 3.63) is 71.9 Å². The van der Waals surface area contributed by atoms with Crippen LogP contribution in [0.25, 0.3) is 0 Å². The van der Waals surface area contributed by atoms with Gasteiger partial charge in [-0.2, -0.15) is 0 Å². The molecule has 5 nitrogen and oxygen atoms in total. The van der Waals surface area contributed by atoms with Crippen molar-refractivity contribution < 1.29 is 9.21 Å². The molecule has 3 rings (SSSR count). The number of hydrogen-bond acceptors (Lipinski definition) is 4. The summed E-state index contributed by atoms with van der Waals surface area (Å²) in [5.41, 5.74) is 0.921. The molecule has 0 bridgehead atoms. The van der Waals surface area contributed by atoms with E-state index in [1.165, 1.54) is 0 Å². The summed E-state index contributed by atoms with van der Waals surface area (Å²) in [7, 11) is 0. The summed E-state index contributed by atoms with van der Waals surface area (Å²) in [5.74, 6) is 1.15. The number of hydrogen-bond donors (Lipinski definition) is 0. The first-order valence-electron chi connectivity index (χ1n) is 9.17. The fourth-order valence-corrected chi connectivity index (χ4v) is 3.56. The molecule has 1 heterocycles. The highest BCUT2D eigenvalue weighted by Gasteiger charge is 2.45. The predicted molar refractivity (Wildman–Crippen MR) is 106 cm³/mol. The Labute approximate surface area is 164 Å². The molecule has 1 aromatic carbocycles. The summed E-state index contributed by atoms with van der Waals surface area (Å²) in [6, 6.07) is 7.83. The monoisotopic (exact) mass is 385 g/mol. The Morgan fingerprint density at radius 1 is 1.19 bits per heavy atom. The van der Waals surface area contributed by atoms with Crippen LogP contribution in [0.15, 0.2) is 54.0 Å². The molecule has 1 saturated carbocycles. The van der Waals surface area contributed by atoms with Crippen molar-refractivity contribution in [3.8, 4) is 0 Å². The van der Waals surface area contributed by atoms with E-state index in [1.54, 1.807) is 17.1 Å². The predicted octanol–water partition coefficient (Wildman–Crippen LogP) is 4.33. The third-order valence-corrected chi connectivity index (χ3v) is 5.34. The van der Waals surface area contributed by atoms with Gasteiger partial charge < -0.3 is 9.32 Å². The van der Waals surface area contributed by atoms with Crippen molar-refractivity contribution in [2.75, 3.05) is 13.1 Å². The maximum Gasteiger partial charge on any atom is 0.227 e. The number of rotatable bonds is 9. The van der Waals surface area contributed by atoms with Gasteiger partial charge >= 0.3 is 0 Å². The first-order chi connectivity index (χ1) is 13.1. The highest BCUT2D eigenvalue weighted by Crippen LogP contribution is 2.48. The minimum atomic E-state index is -0.225. The van der Waals surface area contributed by atoms with Crippen LogP contribution in [0.1, 0.15) is 43.0 Å². The second kappa shape index (κ2) is 8.53. The van der Waals surface area contributed by atoms with Gasteiger partial charge in [0.05, 0.1) is 5.41 Å². The largest absolute Gasteiger partial charge is 0.424 e. The van der Waals surface area contributed by atoms with Crippen LogP contribution in [0, 0.1) is 0 Å². The number of aryl methyl sites for hydroxylation is 1. The summed E-state index contributed by atoms with van der Waals surface area (Å²) >= 11 is 6.01. The number of carbonyl (C=O) groups is 1. The van der Waals surface area contributed by atoms with Gasteiger partial charge in [0.2, 0.25) is 17.7 Å². The minimum Gasteiger partial charge on any atom is -0.424 e. The van der Waals surface area contributed by atoms with E-state index in [1.807, 2.05) is 24.3 Å². The Bertz CT molecular complexity index is 799. The second-order valence-electron chi connectivity index (χ2n) is 6.82. The van der Waals surface area contributed by atoms with Crippen molar-refractivity contribution in [1.82, 2.24) is 15.1 Å². The molecule has 0 atom stereocenters. The third kappa shape index (κ3) is 4.14. The highest BCUT2D eigenvalue weighted by molar-refractivity contribution is 6.30. The molecule has 1 aliphatic carbocycles.